The van der Waals surface area contributed by atoms with Crippen molar-refractivity contribution in [3.05, 3.63) is 66.2 Å². The van der Waals surface area contributed by atoms with Crippen LogP contribution in [0.1, 0.15) is 24.8 Å². The fourth-order valence-electron chi connectivity index (χ4n) is 5.43. The van der Waals surface area contributed by atoms with E-state index in [0.29, 0.717) is 19.5 Å². The molecule has 7 heteroatoms. The van der Waals surface area contributed by atoms with E-state index in [1.165, 1.54) is 5.69 Å². The molecular weight excluding hydrogens is 454 g/mol. The first-order valence-electron chi connectivity index (χ1n) is 13.2. The maximum Gasteiger partial charge on any atom is 0.303 e. The van der Waals surface area contributed by atoms with Crippen LogP contribution in [-0.4, -0.2) is 85.8 Å². The molecule has 36 heavy (non-hydrogen) atoms. The Bertz CT molecular complexity index is 950. The molecule has 2 fully saturated rings. The standard InChI is InChI=1S/C29H39N3O4/c33-28(21-24-7-3-1-4-8-24)32-14-11-25(22-29(34)35)26(23-32)12-13-31(27-9-5-2-6-10-27)16-15-30-17-19-36-20-18-30/h1-10,25-26H,11-23H2,(H,34,35). The van der Waals surface area contributed by atoms with Gasteiger partial charge in [-0.15, -0.1) is 0 Å². The highest BCUT2D eigenvalue weighted by Gasteiger charge is 2.33. The van der Waals surface area contributed by atoms with Crippen molar-refractivity contribution in [1.29, 1.82) is 0 Å². The molecule has 194 valence electrons. The minimum absolute atomic E-state index is 0.0974. The van der Waals surface area contributed by atoms with Crippen molar-refractivity contribution in [1.82, 2.24) is 9.80 Å². The number of hydrogen-bond donors (Lipinski definition) is 1. The predicted molar refractivity (Wildman–Crippen MR) is 141 cm³/mol. The second kappa shape index (κ2) is 13.4. The Morgan fingerprint density at radius 1 is 0.917 bits per heavy atom. The summed E-state index contributed by atoms with van der Waals surface area (Å²) in [6.45, 7) is 7.51. The zero-order chi connectivity index (χ0) is 25.2. The Kier molecular flexibility index (Phi) is 9.76. The number of carbonyl (C=O) groups is 2. The smallest absolute Gasteiger partial charge is 0.303 e. The third-order valence-electron chi connectivity index (χ3n) is 7.56. The number of likely N-dealkylation sites (tertiary alicyclic amines) is 1. The van der Waals surface area contributed by atoms with Crippen LogP contribution in [0.4, 0.5) is 5.69 Å². The third-order valence-corrected chi connectivity index (χ3v) is 7.56. The van der Waals surface area contributed by atoms with Gasteiger partial charge in [0.15, 0.2) is 0 Å². The van der Waals surface area contributed by atoms with E-state index in [4.69, 9.17) is 4.74 Å². The highest BCUT2D eigenvalue weighted by Crippen LogP contribution is 2.30. The fraction of sp³-hybridized carbons (Fsp3) is 0.517. The average molecular weight is 494 g/mol. The number of hydrogen-bond acceptors (Lipinski definition) is 5. The van der Waals surface area contributed by atoms with E-state index < -0.39 is 5.97 Å². The normalized spacial score (nSPS) is 20.7. The second-order valence-corrected chi connectivity index (χ2v) is 9.97. The lowest BCUT2D eigenvalue weighted by molar-refractivity contribution is -0.139. The molecular formula is C29H39N3O4. The zero-order valence-corrected chi connectivity index (χ0v) is 21.1. The molecule has 0 saturated carbocycles. The van der Waals surface area contributed by atoms with E-state index in [1.54, 1.807) is 0 Å². The molecule has 0 aliphatic carbocycles. The molecule has 2 saturated heterocycles. The SMILES string of the molecule is O=C(O)CC1CCN(C(=O)Cc2ccccc2)CC1CCN(CCN1CCOCC1)c1ccccc1. The van der Waals surface area contributed by atoms with Crippen LogP contribution >= 0.6 is 0 Å². The van der Waals surface area contributed by atoms with Crippen molar-refractivity contribution in [3.63, 3.8) is 0 Å². The molecule has 4 rings (SSSR count). The van der Waals surface area contributed by atoms with Crippen molar-refractivity contribution in [2.24, 2.45) is 11.8 Å². The maximum atomic E-state index is 13.1. The number of carbonyl (C=O) groups excluding carboxylic acids is 1. The molecule has 2 unspecified atom stereocenters. The Balaban J connectivity index is 1.40. The number of amides is 1. The lowest BCUT2D eigenvalue weighted by Gasteiger charge is -2.39. The van der Waals surface area contributed by atoms with Gasteiger partial charge in [-0.3, -0.25) is 14.5 Å². The maximum absolute atomic E-state index is 13.1. The van der Waals surface area contributed by atoms with Gasteiger partial charge in [0.1, 0.15) is 0 Å². The van der Waals surface area contributed by atoms with Crippen molar-refractivity contribution in [2.45, 2.75) is 25.7 Å². The summed E-state index contributed by atoms with van der Waals surface area (Å²) in [5, 5.41) is 9.53. The molecule has 7 nitrogen and oxygen atoms in total. The van der Waals surface area contributed by atoms with Crippen molar-refractivity contribution < 1.29 is 19.4 Å². The van der Waals surface area contributed by atoms with E-state index in [2.05, 4.69) is 34.1 Å². The summed E-state index contributed by atoms with van der Waals surface area (Å²) < 4.78 is 5.49. The number of para-hydroxylation sites is 1. The number of nitrogens with zero attached hydrogens (tertiary/aromatic N) is 3. The Hall–Kier alpha value is -2.90. The molecule has 0 spiro atoms. The average Bonchev–Trinajstić information content (AvgIpc) is 2.91. The van der Waals surface area contributed by atoms with E-state index in [9.17, 15) is 14.7 Å². The van der Waals surface area contributed by atoms with Gasteiger partial charge in [0.05, 0.1) is 19.6 Å². The fourth-order valence-corrected chi connectivity index (χ4v) is 5.43. The Morgan fingerprint density at radius 2 is 1.61 bits per heavy atom. The first-order valence-corrected chi connectivity index (χ1v) is 13.2. The molecule has 1 amide bonds. The summed E-state index contributed by atoms with van der Waals surface area (Å²) in [4.78, 5) is 31.5. The monoisotopic (exact) mass is 493 g/mol. The number of morpholine rings is 1. The first kappa shape index (κ1) is 26.2. The van der Waals surface area contributed by atoms with Crippen LogP contribution in [0.2, 0.25) is 0 Å². The summed E-state index contributed by atoms with van der Waals surface area (Å²) >= 11 is 0. The van der Waals surface area contributed by atoms with Gasteiger partial charge in [0.25, 0.3) is 0 Å². The highest BCUT2D eigenvalue weighted by molar-refractivity contribution is 5.79. The molecule has 2 atom stereocenters. The number of benzene rings is 2. The first-order chi connectivity index (χ1) is 17.6. The lowest BCUT2D eigenvalue weighted by Crippen LogP contribution is -2.46. The van der Waals surface area contributed by atoms with Gasteiger partial charge in [-0.25, -0.2) is 0 Å². The van der Waals surface area contributed by atoms with E-state index in [0.717, 1.165) is 64.3 Å². The van der Waals surface area contributed by atoms with Crippen LogP contribution in [-0.2, 0) is 20.7 Å². The van der Waals surface area contributed by atoms with Crippen LogP contribution in [0, 0.1) is 11.8 Å². The number of carboxylic acids is 1. The van der Waals surface area contributed by atoms with Crippen LogP contribution < -0.4 is 4.90 Å². The second-order valence-electron chi connectivity index (χ2n) is 9.97. The number of ether oxygens (including phenoxy) is 1. The number of piperidine rings is 1. The zero-order valence-electron chi connectivity index (χ0n) is 21.1. The number of rotatable bonds is 11. The van der Waals surface area contributed by atoms with Crippen LogP contribution in [0.5, 0.6) is 0 Å². The Labute approximate surface area is 214 Å². The minimum atomic E-state index is -0.749. The quantitative estimate of drug-likeness (QED) is 0.517. The van der Waals surface area contributed by atoms with Crippen LogP contribution in [0.25, 0.3) is 0 Å². The van der Waals surface area contributed by atoms with Gasteiger partial charge in [-0.05, 0) is 42.4 Å². The molecule has 2 aromatic rings. The molecule has 0 aromatic heterocycles. The van der Waals surface area contributed by atoms with Crippen molar-refractivity contribution in [3.8, 4) is 0 Å². The van der Waals surface area contributed by atoms with Gasteiger partial charge >= 0.3 is 5.97 Å². The summed E-state index contributed by atoms with van der Waals surface area (Å²) in [6, 6.07) is 20.3. The molecule has 0 radical (unpaired) electrons. The van der Waals surface area contributed by atoms with Gasteiger partial charge in [-0.1, -0.05) is 48.5 Å². The molecule has 2 aliphatic heterocycles. The number of carboxylic acid groups (broad SMARTS) is 1. The van der Waals surface area contributed by atoms with Crippen molar-refractivity contribution in [2.75, 3.05) is 63.9 Å². The minimum Gasteiger partial charge on any atom is -0.481 e. The molecule has 2 aromatic carbocycles. The summed E-state index contributed by atoms with van der Waals surface area (Å²) in [7, 11) is 0. The molecule has 1 N–H and O–H groups in total. The highest BCUT2D eigenvalue weighted by atomic mass is 16.5. The van der Waals surface area contributed by atoms with Crippen LogP contribution in [0.15, 0.2) is 60.7 Å². The predicted octanol–water partition coefficient (Wildman–Crippen LogP) is 3.40. The van der Waals surface area contributed by atoms with Crippen LogP contribution in [0.3, 0.4) is 0 Å². The molecule has 2 aliphatic rings. The van der Waals surface area contributed by atoms with E-state index in [1.807, 2.05) is 41.3 Å². The molecule has 0 bridgehead atoms. The van der Waals surface area contributed by atoms with E-state index >= 15 is 0 Å². The van der Waals surface area contributed by atoms with Gasteiger partial charge in [0, 0.05) is 57.9 Å². The summed E-state index contributed by atoms with van der Waals surface area (Å²) in [6.07, 6.45) is 2.18. The van der Waals surface area contributed by atoms with Crippen molar-refractivity contribution >= 4 is 17.6 Å². The number of aliphatic carboxylic acids is 1. The third kappa shape index (κ3) is 7.80. The lowest BCUT2D eigenvalue weighted by atomic mass is 9.81. The van der Waals surface area contributed by atoms with Gasteiger partial charge in [-0.2, -0.15) is 0 Å². The summed E-state index contributed by atoms with van der Waals surface area (Å²) in [5.41, 5.74) is 2.21. The molecule has 2 heterocycles. The van der Waals surface area contributed by atoms with E-state index in [-0.39, 0.29) is 24.2 Å². The largest absolute Gasteiger partial charge is 0.481 e. The number of anilines is 1. The van der Waals surface area contributed by atoms with Gasteiger partial charge in [0.2, 0.25) is 5.91 Å². The summed E-state index contributed by atoms with van der Waals surface area (Å²) in [5.74, 6) is -0.349. The van der Waals surface area contributed by atoms with Gasteiger partial charge < -0.3 is 19.6 Å². The Morgan fingerprint density at radius 3 is 2.31 bits per heavy atom. The topological polar surface area (TPSA) is 73.3 Å².